The van der Waals surface area contributed by atoms with Gasteiger partial charge in [-0.1, -0.05) is 24.3 Å². The normalized spacial score (nSPS) is 16.5. The van der Waals surface area contributed by atoms with Crippen LogP contribution in [-0.4, -0.2) is 44.2 Å². The summed E-state index contributed by atoms with van der Waals surface area (Å²) < 4.78 is 11.3. The summed E-state index contributed by atoms with van der Waals surface area (Å²) in [4.78, 5) is 14.5. The van der Waals surface area contributed by atoms with Crippen LogP contribution in [0.2, 0.25) is 0 Å². The van der Waals surface area contributed by atoms with E-state index in [4.69, 9.17) is 9.47 Å². The van der Waals surface area contributed by atoms with Gasteiger partial charge in [0.1, 0.15) is 12.4 Å². The van der Waals surface area contributed by atoms with Gasteiger partial charge in [0.2, 0.25) is 0 Å². The van der Waals surface area contributed by atoms with Gasteiger partial charge in [0, 0.05) is 25.3 Å². The van der Waals surface area contributed by atoms with Crippen molar-refractivity contribution in [2.75, 3.05) is 27.3 Å². The lowest BCUT2D eigenvalue weighted by molar-refractivity contribution is 0.0679. The molecule has 5 heteroatoms. The second kappa shape index (κ2) is 9.53. The molecule has 1 aliphatic heterocycles. The van der Waals surface area contributed by atoms with Gasteiger partial charge in [0.15, 0.2) is 0 Å². The van der Waals surface area contributed by atoms with Crippen LogP contribution in [0, 0.1) is 0 Å². The van der Waals surface area contributed by atoms with E-state index in [9.17, 15) is 4.79 Å². The summed E-state index contributed by atoms with van der Waals surface area (Å²) in [5.41, 5.74) is 2.97. The van der Waals surface area contributed by atoms with E-state index in [-0.39, 0.29) is 12.0 Å². The first-order chi connectivity index (χ1) is 13.1. The highest BCUT2D eigenvalue weighted by molar-refractivity contribution is 5.94. The van der Waals surface area contributed by atoms with Crippen LogP contribution in [0.4, 0.5) is 0 Å². The number of carbonyl (C=O) groups is 1. The molecule has 0 spiro atoms. The molecule has 0 radical (unpaired) electrons. The molecule has 1 amide bonds. The van der Waals surface area contributed by atoms with Crippen LogP contribution in [0.25, 0.3) is 0 Å². The Bertz CT molecular complexity index is 720. The van der Waals surface area contributed by atoms with Gasteiger partial charge in [-0.15, -0.1) is 0 Å². The molecular weight excluding hydrogens is 340 g/mol. The second-order valence-corrected chi connectivity index (χ2v) is 7.21. The van der Waals surface area contributed by atoms with Crippen molar-refractivity contribution in [2.24, 2.45) is 0 Å². The standard InChI is InChI=1S/C22H28N2O3/c1-24(2)15-18-7-5-17(6-8-18)14-23-22(25)19-9-11-20(12-10-19)27-16-21-4-3-13-26-21/h5-12,21H,3-4,13-16H2,1-2H3,(H,23,25). The third-order valence-electron chi connectivity index (χ3n) is 4.55. The fourth-order valence-corrected chi connectivity index (χ4v) is 3.08. The van der Waals surface area contributed by atoms with Crippen molar-refractivity contribution in [1.29, 1.82) is 0 Å². The van der Waals surface area contributed by atoms with E-state index < -0.39 is 0 Å². The molecule has 1 atom stereocenters. The predicted molar refractivity (Wildman–Crippen MR) is 106 cm³/mol. The molecule has 1 aliphatic rings. The Labute approximate surface area is 161 Å². The van der Waals surface area contributed by atoms with E-state index in [0.29, 0.717) is 18.7 Å². The van der Waals surface area contributed by atoms with Gasteiger partial charge in [-0.3, -0.25) is 4.79 Å². The van der Waals surface area contributed by atoms with Crippen LogP contribution in [0.5, 0.6) is 5.75 Å². The van der Waals surface area contributed by atoms with Crippen molar-refractivity contribution < 1.29 is 14.3 Å². The summed E-state index contributed by atoms with van der Waals surface area (Å²) in [6.45, 7) is 2.81. The van der Waals surface area contributed by atoms with Crippen molar-refractivity contribution in [2.45, 2.75) is 32.0 Å². The Hall–Kier alpha value is -2.37. The van der Waals surface area contributed by atoms with Gasteiger partial charge < -0.3 is 19.7 Å². The van der Waals surface area contributed by atoms with Crippen LogP contribution in [0.15, 0.2) is 48.5 Å². The number of nitrogens with zero attached hydrogens (tertiary/aromatic N) is 1. The number of ether oxygens (including phenoxy) is 2. The molecule has 1 fully saturated rings. The lowest BCUT2D eigenvalue weighted by atomic mass is 10.1. The van der Waals surface area contributed by atoms with Crippen LogP contribution in [0.1, 0.15) is 34.3 Å². The van der Waals surface area contributed by atoms with Gasteiger partial charge >= 0.3 is 0 Å². The van der Waals surface area contributed by atoms with E-state index in [0.717, 1.165) is 37.3 Å². The van der Waals surface area contributed by atoms with Gasteiger partial charge in [-0.05, 0) is 62.3 Å². The van der Waals surface area contributed by atoms with Crippen molar-refractivity contribution in [3.63, 3.8) is 0 Å². The quantitative estimate of drug-likeness (QED) is 0.777. The number of nitrogens with one attached hydrogen (secondary N) is 1. The molecule has 3 rings (SSSR count). The highest BCUT2D eigenvalue weighted by Crippen LogP contribution is 2.16. The van der Waals surface area contributed by atoms with Crippen LogP contribution < -0.4 is 10.1 Å². The fraction of sp³-hybridized carbons (Fsp3) is 0.409. The maximum atomic E-state index is 12.3. The summed E-state index contributed by atoms with van der Waals surface area (Å²) in [5.74, 6) is 0.677. The Morgan fingerprint density at radius 3 is 2.44 bits per heavy atom. The van der Waals surface area contributed by atoms with Gasteiger partial charge in [-0.25, -0.2) is 0 Å². The minimum absolute atomic E-state index is 0.0851. The molecule has 27 heavy (non-hydrogen) atoms. The molecule has 1 saturated heterocycles. The first kappa shape index (κ1) is 19.4. The zero-order valence-electron chi connectivity index (χ0n) is 16.1. The zero-order chi connectivity index (χ0) is 19.1. The molecule has 5 nitrogen and oxygen atoms in total. The van der Waals surface area contributed by atoms with E-state index in [2.05, 4.69) is 34.5 Å². The molecule has 144 valence electrons. The van der Waals surface area contributed by atoms with E-state index in [1.165, 1.54) is 5.56 Å². The summed E-state index contributed by atoms with van der Waals surface area (Å²) in [5, 5.41) is 2.96. The fourth-order valence-electron chi connectivity index (χ4n) is 3.08. The first-order valence-electron chi connectivity index (χ1n) is 9.45. The third kappa shape index (κ3) is 6.08. The Kier molecular flexibility index (Phi) is 6.85. The molecule has 1 N–H and O–H groups in total. The van der Waals surface area contributed by atoms with E-state index >= 15 is 0 Å². The number of hydrogen-bond acceptors (Lipinski definition) is 4. The van der Waals surface area contributed by atoms with Crippen LogP contribution in [0.3, 0.4) is 0 Å². The minimum atomic E-state index is -0.0851. The van der Waals surface area contributed by atoms with Gasteiger partial charge in [0.25, 0.3) is 5.91 Å². The summed E-state index contributed by atoms with van der Waals surface area (Å²) in [6.07, 6.45) is 2.35. The number of benzene rings is 2. The molecule has 1 heterocycles. The molecule has 2 aromatic carbocycles. The number of amides is 1. The SMILES string of the molecule is CN(C)Cc1ccc(CNC(=O)c2ccc(OCC3CCCO3)cc2)cc1. The van der Waals surface area contributed by atoms with Crippen molar-refractivity contribution >= 4 is 5.91 Å². The molecule has 2 aromatic rings. The van der Waals surface area contributed by atoms with E-state index in [1.807, 2.05) is 26.2 Å². The number of hydrogen-bond donors (Lipinski definition) is 1. The molecule has 0 aromatic heterocycles. The molecule has 0 bridgehead atoms. The second-order valence-electron chi connectivity index (χ2n) is 7.21. The van der Waals surface area contributed by atoms with Crippen molar-refractivity contribution in [3.05, 3.63) is 65.2 Å². The van der Waals surface area contributed by atoms with Gasteiger partial charge in [-0.2, -0.15) is 0 Å². The topological polar surface area (TPSA) is 50.8 Å². The van der Waals surface area contributed by atoms with Crippen LogP contribution in [-0.2, 0) is 17.8 Å². The summed E-state index contributed by atoms with van der Waals surface area (Å²) in [7, 11) is 4.10. The maximum absolute atomic E-state index is 12.3. The number of carbonyl (C=O) groups excluding carboxylic acids is 1. The highest BCUT2D eigenvalue weighted by atomic mass is 16.5. The Morgan fingerprint density at radius 2 is 1.81 bits per heavy atom. The number of rotatable bonds is 8. The summed E-state index contributed by atoms with van der Waals surface area (Å²) in [6, 6.07) is 15.6. The van der Waals surface area contributed by atoms with Crippen molar-refractivity contribution in [1.82, 2.24) is 10.2 Å². The maximum Gasteiger partial charge on any atom is 0.251 e. The van der Waals surface area contributed by atoms with E-state index in [1.54, 1.807) is 12.1 Å². The van der Waals surface area contributed by atoms with Crippen molar-refractivity contribution in [3.8, 4) is 5.75 Å². The monoisotopic (exact) mass is 368 g/mol. The molecule has 0 aliphatic carbocycles. The largest absolute Gasteiger partial charge is 0.491 e. The zero-order valence-corrected chi connectivity index (χ0v) is 16.1. The highest BCUT2D eigenvalue weighted by Gasteiger charge is 2.16. The molecule has 1 unspecified atom stereocenters. The summed E-state index contributed by atoms with van der Waals surface area (Å²) >= 11 is 0. The van der Waals surface area contributed by atoms with Crippen LogP contribution >= 0.6 is 0 Å². The van der Waals surface area contributed by atoms with Gasteiger partial charge in [0.05, 0.1) is 6.10 Å². The lowest BCUT2D eigenvalue weighted by Gasteiger charge is -2.12. The lowest BCUT2D eigenvalue weighted by Crippen LogP contribution is -2.22. The smallest absolute Gasteiger partial charge is 0.251 e. The average molecular weight is 368 g/mol. The minimum Gasteiger partial charge on any atom is -0.491 e. The third-order valence-corrected chi connectivity index (χ3v) is 4.55. The Morgan fingerprint density at radius 1 is 1.11 bits per heavy atom. The molecule has 0 saturated carbocycles. The average Bonchev–Trinajstić information content (AvgIpc) is 3.19. The Balaban J connectivity index is 1.46. The first-order valence-corrected chi connectivity index (χ1v) is 9.45. The predicted octanol–water partition coefficient (Wildman–Crippen LogP) is 3.24. The molecular formula is C22H28N2O3.